The van der Waals surface area contributed by atoms with Crippen LogP contribution in [0, 0.1) is 17.4 Å². The zero-order valence-electron chi connectivity index (χ0n) is 8.04. The van der Waals surface area contributed by atoms with E-state index in [0.717, 1.165) is 22.6 Å². The fourth-order valence-corrected chi connectivity index (χ4v) is 1.86. The highest BCUT2D eigenvalue weighted by atomic mass is 127. The molecule has 2 nitrogen and oxygen atoms in total. The van der Waals surface area contributed by atoms with Gasteiger partial charge in [0.15, 0.2) is 5.76 Å². The molecule has 0 N–H and O–H groups in total. The molecule has 0 saturated carbocycles. The molecule has 0 fully saturated rings. The molecular formula is C11H10INO. The molecule has 2 rings (SSSR count). The molecule has 0 aliphatic rings. The fraction of sp³-hybridized carbons (Fsp3) is 0.182. The normalized spacial score (nSPS) is 10.5. The molecule has 72 valence electrons. The number of hydrogen-bond donors (Lipinski definition) is 0. The lowest BCUT2D eigenvalue weighted by molar-refractivity contribution is 0.427. The summed E-state index contributed by atoms with van der Waals surface area (Å²) in [6, 6.07) is 8.21. The molecule has 0 aliphatic carbocycles. The number of aromatic nitrogens is 1. The Morgan fingerprint density at radius 2 is 2.07 bits per heavy atom. The Labute approximate surface area is 96.4 Å². The van der Waals surface area contributed by atoms with E-state index in [4.69, 9.17) is 4.52 Å². The van der Waals surface area contributed by atoms with Crippen molar-refractivity contribution in [2.24, 2.45) is 0 Å². The molecule has 0 radical (unpaired) electrons. The van der Waals surface area contributed by atoms with E-state index < -0.39 is 0 Å². The number of nitrogens with zero attached hydrogens (tertiary/aromatic N) is 1. The summed E-state index contributed by atoms with van der Waals surface area (Å²) in [5.74, 6) is 0.876. The molecule has 0 atom stereocenters. The van der Waals surface area contributed by atoms with Gasteiger partial charge in [0.25, 0.3) is 0 Å². The van der Waals surface area contributed by atoms with Gasteiger partial charge in [-0.25, -0.2) is 0 Å². The van der Waals surface area contributed by atoms with Gasteiger partial charge >= 0.3 is 0 Å². The van der Waals surface area contributed by atoms with Gasteiger partial charge in [-0.1, -0.05) is 17.3 Å². The molecule has 0 unspecified atom stereocenters. The predicted octanol–water partition coefficient (Wildman–Crippen LogP) is 3.56. The van der Waals surface area contributed by atoms with E-state index in [9.17, 15) is 0 Å². The van der Waals surface area contributed by atoms with Gasteiger partial charge in [0.1, 0.15) is 0 Å². The van der Waals surface area contributed by atoms with Crippen LogP contribution in [0.25, 0.3) is 11.3 Å². The summed E-state index contributed by atoms with van der Waals surface area (Å²) in [4.78, 5) is 0. The van der Waals surface area contributed by atoms with Crippen LogP contribution in [0.2, 0.25) is 0 Å². The summed E-state index contributed by atoms with van der Waals surface area (Å²) < 4.78 is 6.49. The zero-order chi connectivity index (χ0) is 10.1. The largest absolute Gasteiger partial charge is 0.356 e. The number of benzene rings is 1. The second-order valence-electron chi connectivity index (χ2n) is 3.23. The van der Waals surface area contributed by atoms with Crippen LogP contribution in [0.5, 0.6) is 0 Å². The van der Waals surface area contributed by atoms with Crippen LogP contribution in [-0.2, 0) is 0 Å². The lowest BCUT2D eigenvalue weighted by Gasteiger charge is -1.97. The Hall–Kier alpha value is -0.840. The third-order valence-electron chi connectivity index (χ3n) is 2.24. The fourth-order valence-electron chi connectivity index (χ4n) is 1.31. The summed E-state index contributed by atoms with van der Waals surface area (Å²) in [7, 11) is 0. The Balaban J connectivity index is 2.55. The highest BCUT2D eigenvalue weighted by Gasteiger charge is 2.10. The van der Waals surface area contributed by atoms with Crippen molar-refractivity contribution < 1.29 is 4.52 Å². The Morgan fingerprint density at radius 3 is 2.64 bits per heavy atom. The van der Waals surface area contributed by atoms with E-state index in [1.807, 2.05) is 26.0 Å². The number of halogens is 1. The minimum Gasteiger partial charge on any atom is -0.356 e. The molecule has 0 aliphatic heterocycles. The number of rotatable bonds is 1. The first kappa shape index (κ1) is 9.71. The van der Waals surface area contributed by atoms with Gasteiger partial charge in [0, 0.05) is 14.7 Å². The molecule has 0 amide bonds. The van der Waals surface area contributed by atoms with E-state index in [2.05, 4.69) is 39.9 Å². The van der Waals surface area contributed by atoms with E-state index in [-0.39, 0.29) is 0 Å². The van der Waals surface area contributed by atoms with Gasteiger partial charge in [0.05, 0.1) is 5.69 Å². The zero-order valence-corrected chi connectivity index (χ0v) is 10.2. The van der Waals surface area contributed by atoms with Gasteiger partial charge in [-0.05, 0) is 48.6 Å². The monoisotopic (exact) mass is 299 g/mol. The predicted molar refractivity (Wildman–Crippen MR) is 64.1 cm³/mol. The van der Waals surface area contributed by atoms with Crippen molar-refractivity contribution in [3.05, 3.63) is 39.1 Å². The van der Waals surface area contributed by atoms with Crippen LogP contribution in [0.3, 0.4) is 0 Å². The van der Waals surface area contributed by atoms with Crippen LogP contribution in [-0.4, -0.2) is 5.16 Å². The van der Waals surface area contributed by atoms with Crippen molar-refractivity contribution in [1.29, 1.82) is 0 Å². The quantitative estimate of drug-likeness (QED) is 0.752. The van der Waals surface area contributed by atoms with Crippen molar-refractivity contribution in [3.63, 3.8) is 0 Å². The molecule has 1 aromatic heterocycles. The summed E-state index contributed by atoms with van der Waals surface area (Å²) >= 11 is 2.29. The van der Waals surface area contributed by atoms with E-state index in [0.29, 0.717) is 0 Å². The summed E-state index contributed by atoms with van der Waals surface area (Å²) in [5, 5.41) is 3.94. The molecule has 1 aromatic carbocycles. The van der Waals surface area contributed by atoms with Crippen LogP contribution < -0.4 is 0 Å². The van der Waals surface area contributed by atoms with Gasteiger partial charge in [-0.3, -0.25) is 0 Å². The van der Waals surface area contributed by atoms with Crippen LogP contribution in [0.1, 0.15) is 11.3 Å². The highest BCUT2D eigenvalue weighted by Crippen LogP contribution is 2.26. The SMILES string of the molecule is Cc1noc(-c2cccc(I)c2)c1C. The molecular weight excluding hydrogens is 289 g/mol. The number of hydrogen-bond acceptors (Lipinski definition) is 2. The second kappa shape index (κ2) is 3.73. The van der Waals surface area contributed by atoms with Crippen LogP contribution >= 0.6 is 22.6 Å². The van der Waals surface area contributed by atoms with Crippen molar-refractivity contribution in [1.82, 2.24) is 5.16 Å². The first-order valence-electron chi connectivity index (χ1n) is 4.37. The van der Waals surface area contributed by atoms with Gasteiger partial charge in [0.2, 0.25) is 0 Å². The first-order chi connectivity index (χ1) is 6.68. The third kappa shape index (κ3) is 1.68. The maximum Gasteiger partial charge on any atom is 0.170 e. The van der Waals surface area contributed by atoms with Gasteiger partial charge in [-0.2, -0.15) is 0 Å². The smallest absolute Gasteiger partial charge is 0.170 e. The lowest BCUT2D eigenvalue weighted by atomic mass is 10.1. The lowest BCUT2D eigenvalue weighted by Crippen LogP contribution is -1.80. The first-order valence-corrected chi connectivity index (χ1v) is 5.45. The Bertz CT molecular complexity index is 462. The maximum absolute atomic E-state index is 5.28. The average molecular weight is 299 g/mol. The Morgan fingerprint density at radius 1 is 1.29 bits per heavy atom. The number of aryl methyl sites for hydroxylation is 1. The second-order valence-corrected chi connectivity index (χ2v) is 4.48. The molecule has 1 heterocycles. The summed E-state index contributed by atoms with van der Waals surface area (Å²) in [6.45, 7) is 3.98. The molecule has 0 bridgehead atoms. The van der Waals surface area contributed by atoms with Crippen molar-refractivity contribution >= 4 is 22.6 Å². The third-order valence-corrected chi connectivity index (χ3v) is 2.91. The molecule has 0 spiro atoms. The summed E-state index contributed by atoms with van der Waals surface area (Å²) in [5.41, 5.74) is 3.17. The standard InChI is InChI=1S/C11H10INO/c1-7-8(2)13-14-11(7)9-4-3-5-10(12)6-9/h3-6H,1-2H3. The molecule has 0 saturated heterocycles. The minimum absolute atomic E-state index is 0.876. The Kier molecular flexibility index (Phi) is 2.58. The van der Waals surface area contributed by atoms with Crippen LogP contribution in [0.15, 0.2) is 28.8 Å². The van der Waals surface area contributed by atoms with Crippen LogP contribution in [0.4, 0.5) is 0 Å². The van der Waals surface area contributed by atoms with Gasteiger partial charge < -0.3 is 4.52 Å². The maximum atomic E-state index is 5.28. The minimum atomic E-state index is 0.876. The van der Waals surface area contributed by atoms with E-state index in [1.54, 1.807) is 0 Å². The average Bonchev–Trinajstić information content (AvgIpc) is 2.48. The molecule has 14 heavy (non-hydrogen) atoms. The van der Waals surface area contributed by atoms with Crippen molar-refractivity contribution in [2.45, 2.75) is 13.8 Å². The van der Waals surface area contributed by atoms with Gasteiger partial charge in [-0.15, -0.1) is 0 Å². The topological polar surface area (TPSA) is 26.0 Å². The highest BCUT2D eigenvalue weighted by molar-refractivity contribution is 14.1. The van der Waals surface area contributed by atoms with E-state index >= 15 is 0 Å². The summed E-state index contributed by atoms with van der Waals surface area (Å²) in [6.07, 6.45) is 0. The molecule has 3 heteroatoms. The molecule has 2 aromatic rings. The van der Waals surface area contributed by atoms with Crippen molar-refractivity contribution in [3.8, 4) is 11.3 Å². The van der Waals surface area contributed by atoms with E-state index in [1.165, 1.54) is 3.57 Å². The van der Waals surface area contributed by atoms with Crippen molar-refractivity contribution in [2.75, 3.05) is 0 Å².